The molecule has 1 aliphatic rings. The van der Waals surface area contributed by atoms with Crippen LogP contribution < -0.4 is 0 Å². The standard InChI is InChI=1S/C20H27N3O3/c1-20(2,3)26-19(25)23-11-9-15(10-12-23)18(24)22(4)14-17-8-6-5-7-16(17)13-21/h5-8,15H,9-12,14H2,1-4H3. The number of nitrogens with zero attached hydrogens (tertiary/aromatic N) is 3. The molecule has 2 amide bonds. The first-order valence-electron chi connectivity index (χ1n) is 8.92. The first-order valence-corrected chi connectivity index (χ1v) is 8.92. The van der Waals surface area contributed by atoms with Crippen LogP contribution in [0.15, 0.2) is 24.3 Å². The van der Waals surface area contributed by atoms with E-state index in [-0.39, 0.29) is 17.9 Å². The molecule has 1 aromatic carbocycles. The zero-order valence-electron chi connectivity index (χ0n) is 16.0. The largest absolute Gasteiger partial charge is 0.444 e. The van der Waals surface area contributed by atoms with Gasteiger partial charge in [-0.15, -0.1) is 0 Å². The van der Waals surface area contributed by atoms with Gasteiger partial charge in [-0.05, 0) is 45.2 Å². The van der Waals surface area contributed by atoms with Crippen molar-refractivity contribution in [3.8, 4) is 6.07 Å². The van der Waals surface area contributed by atoms with Gasteiger partial charge in [0.2, 0.25) is 5.91 Å². The molecule has 1 heterocycles. The predicted molar refractivity (Wildman–Crippen MR) is 98.2 cm³/mol. The smallest absolute Gasteiger partial charge is 0.410 e. The zero-order chi connectivity index (χ0) is 19.3. The molecule has 0 radical (unpaired) electrons. The molecule has 0 spiro atoms. The van der Waals surface area contributed by atoms with Crippen LogP contribution in [0.5, 0.6) is 0 Å². The summed E-state index contributed by atoms with van der Waals surface area (Å²) in [5, 5.41) is 9.18. The summed E-state index contributed by atoms with van der Waals surface area (Å²) in [6.45, 7) is 6.98. The number of likely N-dealkylation sites (tertiary alicyclic amines) is 1. The molecule has 0 saturated carbocycles. The monoisotopic (exact) mass is 357 g/mol. The third-order valence-corrected chi connectivity index (χ3v) is 4.42. The highest BCUT2D eigenvalue weighted by Crippen LogP contribution is 2.22. The molecule has 26 heavy (non-hydrogen) atoms. The molecule has 1 aromatic rings. The Labute approximate surface area is 155 Å². The number of benzene rings is 1. The Balaban J connectivity index is 1.89. The number of piperidine rings is 1. The highest BCUT2D eigenvalue weighted by atomic mass is 16.6. The zero-order valence-corrected chi connectivity index (χ0v) is 16.0. The molecule has 0 atom stereocenters. The van der Waals surface area contributed by atoms with Crippen LogP contribution in [0.1, 0.15) is 44.7 Å². The average Bonchev–Trinajstić information content (AvgIpc) is 2.60. The fourth-order valence-corrected chi connectivity index (χ4v) is 3.05. The summed E-state index contributed by atoms with van der Waals surface area (Å²) in [5.41, 5.74) is 0.918. The van der Waals surface area contributed by atoms with Gasteiger partial charge in [0.05, 0.1) is 11.6 Å². The van der Waals surface area contributed by atoms with E-state index in [1.54, 1.807) is 22.9 Å². The Kier molecular flexibility index (Phi) is 6.25. The number of hydrogen-bond donors (Lipinski definition) is 0. The first kappa shape index (κ1) is 19.8. The molecule has 0 unspecified atom stereocenters. The van der Waals surface area contributed by atoms with E-state index in [0.29, 0.717) is 38.0 Å². The van der Waals surface area contributed by atoms with Gasteiger partial charge in [0.1, 0.15) is 5.60 Å². The molecule has 1 aliphatic heterocycles. The minimum atomic E-state index is -0.516. The van der Waals surface area contributed by atoms with Gasteiger partial charge in [-0.25, -0.2) is 4.79 Å². The summed E-state index contributed by atoms with van der Waals surface area (Å²) in [6.07, 6.45) is 0.935. The lowest BCUT2D eigenvalue weighted by atomic mass is 9.95. The number of hydrogen-bond acceptors (Lipinski definition) is 4. The summed E-state index contributed by atoms with van der Waals surface area (Å²) >= 11 is 0. The van der Waals surface area contributed by atoms with Crippen LogP contribution >= 0.6 is 0 Å². The number of rotatable bonds is 3. The predicted octanol–water partition coefficient (Wildman–Crippen LogP) is 3.16. The quantitative estimate of drug-likeness (QED) is 0.833. The van der Waals surface area contributed by atoms with Crippen LogP contribution in [0.3, 0.4) is 0 Å². The van der Waals surface area contributed by atoms with Crippen molar-refractivity contribution in [1.82, 2.24) is 9.80 Å². The minimum absolute atomic E-state index is 0.0570. The summed E-state index contributed by atoms with van der Waals surface area (Å²) < 4.78 is 5.39. The number of carbonyl (C=O) groups is 2. The maximum atomic E-state index is 12.7. The van der Waals surface area contributed by atoms with Crippen molar-refractivity contribution in [2.75, 3.05) is 20.1 Å². The highest BCUT2D eigenvalue weighted by Gasteiger charge is 2.31. The van der Waals surface area contributed by atoms with Crippen molar-refractivity contribution in [2.45, 2.75) is 45.8 Å². The van der Waals surface area contributed by atoms with Crippen LogP contribution in [-0.2, 0) is 16.1 Å². The Morgan fingerprint density at radius 3 is 2.46 bits per heavy atom. The lowest BCUT2D eigenvalue weighted by Gasteiger charge is -2.34. The van der Waals surface area contributed by atoms with E-state index in [9.17, 15) is 14.9 Å². The van der Waals surface area contributed by atoms with Gasteiger partial charge < -0.3 is 14.5 Å². The van der Waals surface area contributed by atoms with E-state index in [2.05, 4.69) is 6.07 Å². The molecule has 0 N–H and O–H groups in total. The van der Waals surface area contributed by atoms with E-state index in [4.69, 9.17) is 4.74 Å². The summed E-state index contributed by atoms with van der Waals surface area (Å²) in [4.78, 5) is 28.2. The van der Waals surface area contributed by atoms with Gasteiger partial charge in [0, 0.05) is 32.6 Å². The van der Waals surface area contributed by atoms with Crippen LogP contribution in [0.25, 0.3) is 0 Å². The third-order valence-electron chi connectivity index (χ3n) is 4.42. The lowest BCUT2D eigenvalue weighted by Crippen LogP contribution is -2.45. The van der Waals surface area contributed by atoms with Crippen molar-refractivity contribution < 1.29 is 14.3 Å². The van der Waals surface area contributed by atoms with Crippen molar-refractivity contribution in [3.63, 3.8) is 0 Å². The molecule has 0 bridgehead atoms. The van der Waals surface area contributed by atoms with Gasteiger partial charge in [0.15, 0.2) is 0 Å². The van der Waals surface area contributed by atoms with Crippen LogP contribution in [0, 0.1) is 17.2 Å². The van der Waals surface area contributed by atoms with Gasteiger partial charge in [-0.2, -0.15) is 5.26 Å². The second kappa shape index (κ2) is 8.22. The van der Waals surface area contributed by atoms with Gasteiger partial charge in [-0.1, -0.05) is 18.2 Å². The normalized spacial score (nSPS) is 15.3. The maximum absolute atomic E-state index is 12.7. The number of ether oxygens (including phenoxy) is 1. The number of nitriles is 1. The van der Waals surface area contributed by atoms with E-state index in [1.165, 1.54) is 0 Å². The van der Waals surface area contributed by atoms with Gasteiger partial charge >= 0.3 is 6.09 Å². The second-order valence-electron chi connectivity index (χ2n) is 7.70. The molecule has 2 rings (SSSR count). The summed E-state index contributed by atoms with van der Waals surface area (Å²) in [6, 6.07) is 9.47. The maximum Gasteiger partial charge on any atom is 0.410 e. The lowest BCUT2D eigenvalue weighted by molar-refractivity contribution is -0.136. The minimum Gasteiger partial charge on any atom is -0.444 e. The fraction of sp³-hybridized carbons (Fsp3) is 0.550. The molecule has 0 aliphatic carbocycles. The number of amides is 2. The van der Waals surface area contributed by atoms with Crippen molar-refractivity contribution in [2.24, 2.45) is 5.92 Å². The van der Waals surface area contributed by atoms with Crippen molar-refractivity contribution >= 4 is 12.0 Å². The third kappa shape index (κ3) is 5.22. The molecule has 1 fully saturated rings. The molecule has 1 saturated heterocycles. The molecule has 140 valence electrons. The molecule has 0 aromatic heterocycles. The Bertz CT molecular complexity index is 695. The Hall–Kier alpha value is -2.55. The molecular formula is C20H27N3O3. The molecule has 6 nitrogen and oxygen atoms in total. The second-order valence-corrected chi connectivity index (χ2v) is 7.70. The SMILES string of the molecule is CN(Cc1ccccc1C#N)C(=O)C1CCN(C(=O)OC(C)(C)C)CC1. The van der Waals surface area contributed by atoms with Crippen molar-refractivity contribution in [1.29, 1.82) is 5.26 Å². The van der Waals surface area contributed by atoms with E-state index >= 15 is 0 Å². The van der Waals surface area contributed by atoms with E-state index in [1.807, 2.05) is 39.0 Å². The number of carbonyl (C=O) groups excluding carboxylic acids is 2. The van der Waals surface area contributed by atoms with E-state index < -0.39 is 5.60 Å². The van der Waals surface area contributed by atoms with Crippen molar-refractivity contribution in [3.05, 3.63) is 35.4 Å². The highest BCUT2D eigenvalue weighted by molar-refractivity contribution is 5.79. The average molecular weight is 357 g/mol. The fourth-order valence-electron chi connectivity index (χ4n) is 3.05. The summed E-state index contributed by atoms with van der Waals surface area (Å²) in [5.74, 6) is -0.0467. The topological polar surface area (TPSA) is 73.6 Å². The molecular weight excluding hydrogens is 330 g/mol. The Morgan fingerprint density at radius 2 is 1.88 bits per heavy atom. The van der Waals surface area contributed by atoms with Gasteiger partial charge in [-0.3, -0.25) is 4.79 Å². The van der Waals surface area contributed by atoms with Crippen LogP contribution in [0.2, 0.25) is 0 Å². The Morgan fingerprint density at radius 1 is 1.27 bits per heavy atom. The van der Waals surface area contributed by atoms with Crippen LogP contribution in [-0.4, -0.2) is 47.5 Å². The van der Waals surface area contributed by atoms with Gasteiger partial charge in [0.25, 0.3) is 0 Å². The molecule has 6 heteroatoms. The van der Waals surface area contributed by atoms with E-state index in [0.717, 1.165) is 5.56 Å². The van der Waals surface area contributed by atoms with Crippen LogP contribution in [0.4, 0.5) is 4.79 Å². The summed E-state index contributed by atoms with van der Waals surface area (Å²) in [7, 11) is 1.76. The first-order chi connectivity index (χ1) is 12.2.